The molecule has 0 atom stereocenters. The fraction of sp³-hybridized carbons (Fsp3) is 0.280. The van der Waals surface area contributed by atoms with E-state index in [1.807, 2.05) is 12.3 Å². The summed E-state index contributed by atoms with van der Waals surface area (Å²) in [6.07, 6.45) is 1.96. The van der Waals surface area contributed by atoms with Gasteiger partial charge in [0.05, 0.1) is 0 Å². The van der Waals surface area contributed by atoms with Gasteiger partial charge in [-0.25, -0.2) is 0 Å². The molecule has 5 nitrogen and oxygen atoms in total. The number of ether oxygens (including phenoxy) is 1. The first-order valence-electron chi connectivity index (χ1n) is 19.6. The van der Waals surface area contributed by atoms with E-state index in [9.17, 15) is 0 Å². The third-order valence-corrected chi connectivity index (χ3v) is 14.5. The second-order valence-corrected chi connectivity index (χ2v) is 19.3. The van der Waals surface area contributed by atoms with Gasteiger partial charge in [-0.05, 0) is 44.4 Å². The number of para-hydroxylation sites is 2. The van der Waals surface area contributed by atoms with Crippen LogP contribution in [-0.2, 0) is 35.6 Å². The number of pyridine rings is 1. The van der Waals surface area contributed by atoms with Gasteiger partial charge in [-0.2, -0.15) is 0 Å². The van der Waals surface area contributed by atoms with E-state index in [0.717, 1.165) is 49.0 Å². The molecule has 8 aromatic rings. The van der Waals surface area contributed by atoms with Crippen LogP contribution in [0.5, 0.6) is 11.5 Å². The van der Waals surface area contributed by atoms with Crippen molar-refractivity contribution in [1.82, 2.24) is 18.7 Å². The molecule has 0 radical (unpaired) electrons. The maximum atomic E-state index is 6.79. The SMILES string of the molecule is Cc1ccc(-n2[c](=[Pt])n(-c3cccc(Oc4ccc5c6cc7c(cc6n(-c6cc(C(C)(C)C)ccn6)c5c4)C(C)(C)C(C)(C)C7(C)C)c3)c3ccccc32)cc1. The Labute approximate surface area is 341 Å². The van der Waals surface area contributed by atoms with Crippen molar-refractivity contribution in [3.63, 3.8) is 0 Å². The van der Waals surface area contributed by atoms with Crippen LogP contribution in [0.25, 0.3) is 50.0 Å². The van der Waals surface area contributed by atoms with Gasteiger partial charge in [-0.3, -0.25) is 0 Å². The molecule has 3 heterocycles. The van der Waals surface area contributed by atoms with Crippen molar-refractivity contribution in [2.75, 3.05) is 0 Å². The van der Waals surface area contributed by atoms with Gasteiger partial charge in [0.1, 0.15) is 0 Å². The fourth-order valence-electron chi connectivity index (χ4n) is 8.97. The minimum absolute atomic E-state index is 0.00474. The molecule has 0 aliphatic heterocycles. The van der Waals surface area contributed by atoms with Crippen LogP contribution in [0.1, 0.15) is 84.6 Å². The molecule has 0 fully saturated rings. The quantitative estimate of drug-likeness (QED) is 0.172. The number of aryl methyl sites for hydroxylation is 1. The van der Waals surface area contributed by atoms with Crippen LogP contribution in [0.4, 0.5) is 0 Å². The second-order valence-electron chi connectivity index (χ2n) is 18.3. The number of imidazole rings is 1. The molecule has 0 spiro atoms. The summed E-state index contributed by atoms with van der Waals surface area (Å²) in [6.45, 7) is 23.4. The van der Waals surface area contributed by atoms with E-state index in [0.29, 0.717) is 0 Å². The number of fused-ring (bicyclic) bond motifs is 5. The Balaban J connectivity index is 1.20. The van der Waals surface area contributed by atoms with Gasteiger partial charge in [-0.15, -0.1) is 0 Å². The monoisotopic (exact) mass is 917 g/mol. The summed E-state index contributed by atoms with van der Waals surface area (Å²) in [6, 6.07) is 41.6. The van der Waals surface area contributed by atoms with Crippen molar-refractivity contribution in [2.24, 2.45) is 5.41 Å². The van der Waals surface area contributed by atoms with E-state index < -0.39 is 0 Å². The molecule has 9 rings (SSSR count). The number of benzene rings is 5. The molecule has 0 unspecified atom stereocenters. The number of rotatable bonds is 5. The van der Waals surface area contributed by atoms with Crippen molar-refractivity contribution < 1.29 is 24.1 Å². The van der Waals surface area contributed by atoms with Gasteiger partial charge in [0.2, 0.25) is 0 Å². The average molecular weight is 918 g/mol. The molecule has 1 aliphatic rings. The summed E-state index contributed by atoms with van der Waals surface area (Å²) in [5.74, 6) is 2.47. The molecule has 0 saturated carbocycles. The van der Waals surface area contributed by atoms with Gasteiger partial charge in [0.15, 0.2) is 0 Å². The minimum atomic E-state index is -0.0242. The molecule has 0 N–H and O–H groups in total. The van der Waals surface area contributed by atoms with E-state index in [1.165, 1.54) is 38.5 Å². The van der Waals surface area contributed by atoms with Crippen LogP contribution < -0.4 is 4.74 Å². The molecule has 3 aromatic heterocycles. The van der Waals surface area contributed by atoms with Gasteiger partial charge < -0.3 is 0 Å². The summed E-state index contributed by atoms with van der Waals surface area (Å²) in [7, 11) is 0. The van der Waals surface area contributed by atoms with E-state index in [4.69, 9.17) is 9.72 Å². The molecule has 0 amide bonds. The van der Waals surface area contributed by atoms with Crippen LogP contribution >= 0.6 is 0 Å². The van der Waals surface area contributed by atoms with Crippen LogP contribution in [0.3, 0.4) is 0 Å². The van der Waals surface area contributed by atoms with Crippen LogP contribution in [0.15, 0.2) is 121 Å². The molecule has 0 bridgehead atoms. The predicted molar refractivity (Wildman–Crippen MR) is 228 cm³/mol. The molecule has 1 aliphatic carbocycles. The maximum absolute atomic E-state index is 6.79. The summed E-state index contributed by atoms with van der Waals surface area (Å²) in [5.41, 5.74) is 12.1. The first-order chi connectivity index (χ1) is 26.5. The van der Waals surface area contributed by atoms with Crippen molar-refractivity contribution in [2.45, 2.75) is 85.5 Å². The molecule has 5 aromatic carbocycles. The van der Waals surface area contributed by atoms with Crippen LogP contribution in [-0.4, -0.2) is 18.7 Å². The van der Waals surface area contributed by atoms with E-state index in [1.54, 1.807) is 0 Å². The zero-order valence-corrected chi connectivity index (χ0v) is 36.3. The standard InChI is InChI=1S/C50H50N4O.Pt/c1-32-18-20-34(21-19-32)52-31-53(43-17-12-11-16-42(43)52)35-14-13-15-36(27-35)55-37-22-23-38-39-29-40-41(49(7,8)50(9,10)48(40,5)6)30-45(39)54(44(38)28-37)46-26-33(24-25-51-46)47(2,3)4;/h11-30H,1-10H3;. The summed E-state index contributed by atoms with van der Waals surface area (Å²) < 4.78 is 14.9. The van der Waals surface area contributed by atoms with Crippen molar-refractivity contribution in [3.8, 4) is 28.7 Å². The van der Waals surface area contributed by atoms with E-state index in [-0.39, 0.29) is 21.7 Å². The van der Waals surface area contributed by atoms with Crippen LogP contribution in [0, 0.1) is 16.1 Å². The molecule has 6 heteroatoms. The summed E-state index contributed by atoms with van der Waals surface area (Å²) >= 11 is 2.45. The van der Waals surface area contributed by atoms with Crippen molar-refractivity contribution >= 4 is 32.8 Å². The number of aromatic nitrogens is 4. The van der Waals surface area contributed by atoms with Gasteiger partial charge >= 0.3 is 230 Å². The molecule has 56 heavy (non-hydrogen) atoms. The first kappa shape index (κ1) is 36.6. The normalized spacial score (nSPS) is 15.9. The van der Waals surface area contributed by atoms with Gasteiger partial charge in [0.25, 0.3) is 0 Å². The summed E-state index contributed by atoms with van der Waals surface area (Å²) in [4.78, 5) is 5.02. The fourth-order valence-corrected chi connectivity index (χ4v) is 10.1. The third kappa shape index (κ3) is 5.37. The number of nitrogens with zero attached hydrogens (tertiary/aromatic N) is 4. The average Bonchev–Trinajstić information content (AvgIpc) is 3.67. The summed E-state index contributed by atoms with van der Waals surface area (Å²) in [5, 5.41) is 2.44. The second kappa shape index (κ2) is 12.5. The Kier molecular flexibility index (Phi) is 8.18. The Morgan fingerprint density at radius 3 is 1.88 bits per heavy atom. The predicted octanol–water partition coefficient (Wildman–Crippen LogP) is 13.0. The van der Waals surface area contributed by atoms with Crippen LogP contribution in [0.2, 0.25) is 0 Å². The Morgan fingerprint density at radius 1 is 0.571 bits per heavy atom. The van der Waals surface area contributed by atoms with E-state index >= 15 is 0 Å². The number of hydrogen-bond donors (Lipinski definition) is 0. The van der Waals surface area contributed by atoms with Gasteiger partial charge in [-0.1, -0.05) is 62.3 Å². The Hall–Kier alpha value is -4.99. The molecule has 286 valence electrons. The van der Waals surface area contributed by atoms with Crippen molar-refractivity contribution in [1.29, 1.82) is 0 Å². The zero-order chi connectivity index (χ0) is 39.5. The molecular formula is C50H50N4OPt. The topological polar surface area (TPSA) is 36.9 Å². The van der Waals surface area contributed by atoms with E-state index in [2.05, 4.69) is 211 Å². The molecular weight excluding hydrogens is 868 g/mol. The Morgan fingerprint density at radius 2 is 1.20 bits per heavy atom. The van der Waals surface area contributed by atoms with Gasteiger partial charge in [0, 0.05) is 6.20 Å². The molecule has 0 saturated heterocycles. The Bertz CT molecular complexity index is 2930. The first-order valence-corrected chi connectivity index (χ1v) is 20.8. The van der Waals surface area contributed by atoms with Crippen molar-refractivity contribution in [3.05, 3.63) is 148 Å². The zero-order valence-electron chi connectivity index (χ0n) is 34.1. The number of hydrogen-bond acceptors (Lipinski definition) is 2. The third-order valence-electron chi connectivity index (χ3n) is 13.5.